The van der Waals surface area contributed by atoms with Crippen molar-refractivity contribution >= 4 is 28.7 Å². The minimum atomic E-state index is -4.68. The number of benzene rings is 1. The van der Waals surface area contributed by atoms with E-state index in [2.05, 4.69) is 20.6 Å². The van der Waals surface area contributed by atoms with Crippen LogP contribution in [0.2, 0.25) is 0 Å². The largest absolute Gasteiger partial charge is 0.453 e. The smallest absolute Gasteiger partial charge is 0.355 e. The third-order valence-corrected chi connectivity index (χ3v) is 5.38. The second-order valence-electron chi connectivity index (χ2n) is 7.49. The molecule has 1 aliphatic rings. The van der Waals surface area contributed by atoms with Crippen LogP contribution in [-0.2, 0) is 11.0 Å². The first-order chi connectivity index (χ1) is 15.1. The van der Waals surface area contributed by atoms with Crippen molar-refractivity contribution in [2.24, 2.45) is 5.92 Å². The summed E-state index contributed by atoms with van der Waals surface area (Å²) < 4.78 is 39.9. The maximum absolute atomic E-state index is 13.1. The topological polar surface area (TPSA) is 119 Å². The second kappa shape index (κ2) is 8.05. The molecule has 1 aliphatic heterocycles. The summed E-state index contributed by atoms with van der Waals surface area (Å²) in [6.45, 7) is 2.56. The van der Waals surface area contributed by atoms with Crippen molar-refractivity contribution in [2.45, 2.75) is 25.9 Å². The van der Waals surface area contributed by atoms with E-state index in [9.17, 15) is 28.1 Å². The summed E-state index contributed by atoms with van der Waals surface area (Å²) >= 11 is 0. The molecule has 3 heterocycles. The molecule has 32 heavy (non-hydrogen) atoms. The molecule has 0 saturated carbocycles. The quantitative estimate of drug-likeness (QED) is 0.480. The Labute approximate surface area is 179 Å². The Bertz CT molecular complexity index is 1190. The molecule has 1 saturated heterocycles. The van der Waals surface area contributed by atoms with Crippen molar-refractivity contribution in [1.29, 1.82) is 0 Å². The van der Waals surface area contributed by atoms with E-state index in [1.54, 1.807) is 24.0 Å². The number of nitro groups is 1. The average Bonchev–Trinajstić information content (AvgIpc) is 3.19. The lowest BCUT2D eigenvalue weighted by atomic mass is 9.95. The maximum Gasteiger partial charge on any atom is 0.453 e. The number of carbonyl (C=O) groups excluding carboxylic acids is 1. The fourth-order valence-corrected chi connectivity index (χ4v) is 3.59. The zero-order valence-electron chi connectivity index (χ0n) is 16.8. The first-order valence-corrected chi connectivity index (χ1v) is 9.74. The number of fused-ring (bicyclic) bond motifs is 1. The number of aryl methyl sites for hydroxylation is 1. The Morgan fingerprint density at radius 3 is 2.56 bits per heavy atom. The van der Waals surface area contributed by atoms with Crippen molar-refractivity contribution in [1.82, 2.24) is 19.8 Å². The number of amides is 1. The fraction of sp³-hybridized carbons (Fsp3) is 0.368. The van der Waals surface area contributed by atoms with Crippen LogP contribution in [-0.4, -0.2) is 43.7 Å². The molecule has 0 aliphatic carbocycles. The number of non-ortho nitro benzene ring substituents is 1. The van der Waals surface area contributed by atoms with Crippen molar-refractivity contribution in [3.05, 3.63) is 51.8 Å². The highest BCUT2D eigenvalue weighted by Crippen LogP contribution is 2.29. The van der Waals surface area contributed by atoms with Gasteiger partial charge in [0.2, 0.25) is 5.91 Å². The van der Waals surface area contributed by atoms with E-state index in [1.165, 1.54) is 18.2 Å². The van der Waals surface area contributed by atoms with E-state index < -0.39 is 16.9 Å². The van der Waals surface area contributed by atoms with Gasteiger partial charge in [0.1, 0.15) is 5.82 Å². The highest BCUT2D eigenvalue weighted by Gasteiger charge is 2.38. The molecule has 0 unspecified atom stereocenters. The number of piperidine rings is 1. The van der Waals surface area contributed by atoms with Gasteiger partial charge < -0.3 is 10.2 Å². The van der Waals surface area contributed by atoms with Crippen molar-refractivity contribution in [2.75, 3.05) is 23.3 Å². The average molecular weight is 449 g/mol. The van der Waals surface area contributed by atoms with Crippen LogP contribution in [0.15, 0.2) is 30.3 Å². The summed E-state index contributed by atoms with van der Waals surface area (Å²) in [6, 6.07) is 7.23. The summed E-state index contributed by atoms with van der Waals surface area (Å²) in [4.78, 5) is 24.9. The number of nitrogens with zero attached hydrogens (tertiary/aromatic N) is 6. The molecule has 4 rings (SSSR count). The zero-order chi connectivity index (χ0) is 23.0. The lowest BCUT2D eigenvalue weighted by molar-refractivity contribution is -0.384. The van der Waals surface area contributed by atoms with Gasteiger partial charge in [0.15, 0.2) is 5.65 Å². The molecular weight excluding hydrogens is 431 g/mol. The van der Waals surface area contributed by atoms with Gasteiger partial charge in [-0.3, -0.25) is 14.9 Å². The number of alkyl halides is 3. The summed E-state index contributed by atoms with van der Waals surface area (Å²) in [5.41, 5.74) is 0.955. The summed E-state index contributed by atoms with van der Waals surface area (Å²) in [5, 5.41) is 24.4. The highest BCUT2D eigenvalue weighted by atomic mass is 19.4. The Balaban J connectivity index is 1.44. The van der Waals surface area contributed by atoms with E-state index in [0.29, 0.717) is 47.5 Å². The number of aromatic nitrogens is 4. The lowest BCUT2D eigenvalue weighted by Gasteiger charge is -2.32. The molecule has 10 nitrogen and oxygen atoms in total. The van der Waals surface area contributed by atoms with Crippen LogP contribution in [0.5, 0.6) is 0 Å². The van der Waals surface area contributed by atoms with Crippen LogP contribution in [0.3, 0.4) is 0 Å². The van der Waals surface area contributed by atoms with E-state index in [-0.39, 0.29) is 23.2 Å². The standard InChI is InChI=1S/C19H18F3N7O3/c1-11-2-3-13(29(31)32)10-14(11)23-17(30)12-6-8-27(9-7-12)16-5-4-15-24-25-18(19(20,21)22)28(15)26-16/h2-5,10,12H,6-9H2,1H3,(H,23,30). The van der Waals surface area contributed by atoms with E-state index in [1.807, 2.05) is 0 Å². The van der Waals surface area contributed by atoms with Crippen molar-refractivity contribution in [3.8, 4) is 0 Å². The molecule has 3 aromatic rings. The Morgan fingerprint density at radius 1 is 1.19 bits per heavy atom. The number of rotatable bonds is 4. The summed E-state index contributed by atoms with van der Waals surface area (Å²) in [6.07, 6.45) is -3.78. The number of nitrogens with one attached hydrogen (secondary N) is 1. The van der Waals surface area contributed by atoms with E-state index in [0.717, 1.165) is 0 Å². The zero-order valence-corrected chi connectivity index (χ0v) is 16.8. The van der Waals surface area contributed by atoms with E-state index in [4.69, 9.17) is 0 Å². The SMILES string of the molecule is Cc1ccc([N+](=O)[O-])cc1NC(=O)C1CCN(c2ccc3nnc(C(F)(F)F)n3n2)CC1. The molecule has 0 bridgehead atoms. The normalized spacial score (nSPS) is 15.2. The second-order valence-corrected chi connectivity index (χ2v) is 7.49. The number of carbonyl (C=O) groups is 1. The molecule has 1 aromatic carbocycles. The van der Waals surface area contributed by atoms with Crippen LogP contribution in [0.1, 0.15) is 24.2 Å². The molecule has 1 amide bonds. The van der Waals surface area contributed by atoms with Crippen LogP contribution >= 0.6 is 0 Å². The van der Waals surface area contributed by atoms with Gasteiger partial charge in [-0.15, -0.1) is 15.3 Å². The highest BCUT2D eigenvalue weighted by molar-refractivity contribution is 5.93. The van der Waals surface area contributed by atoms with Gasteiger partial charge in [-0.25, -0.2) is 0 Å². The Kier molecular flexibility index (Phi) is 5.40. The third-order valence-electron chi connectivity index (χ3n) is 5.38. The molecule has 0 atom stereocenters. The van der Waals surface area contributed by atoms with Gasteiger partial charge in [-0.05, 0) is 37.5 Å². The lowest BCUT2D eigenvalue weighted by Crippen LogP contribution is -2.38. The van der Waals surface area contributed by atoms with Gasteiger partial charge in [0.05, 0.1) is 10.6 Å². The monoisotopic (exact) mass is 449 g/mol. The van der Waals surface area contributed by atoms with E-state index >= 15 is 0 Å². The molecule has 168 valence electrons. The van der Waals surface area contributed by atoms with Crippen LogP contribution in [0.4, 0.5) is 30.4 Å². The molecule has 13 heteroatoms. The summed E-state index contributed by atoms with van der Waals surface area (Å²) in [5.74, 6) is -1.46. The van der Waals surface area contributed by atoms with Gasteiger partial charge in [-0.1, -0.05) is 6.07 Å². The van der Waals surface area contributed by atoms with Crippen molar-refractivity contribution < 1.29 is 22.9 Å². The summed E-state index contributed by atoms with van der Waals surface area (Å²) in [7, 11) is 0. The Morgan fingerprint density at radius 2 is 1.91 bits per heavy atom. The van der Waals surface area contributed by atoms with Gasteiger partial charge >= 0.3 is 6.18 Å². The number of hydrogen-bond donors (Lipinski definition) is 1. The van der Waals surface area contributed by atoms with Crippen LogP contribution in [0, 0.1) is 23.0 Å². The fourth-order valence-electron chi connectivity index (χ4n) is 3.59. The Hall–Kier alpha value is -3.77. The van der Waals surface area contributed by atoms with Crippen LogP contribution < -0.4 is 10.2 Å². The number of anilines is 2. The van der Waals surface area contributed by atoms with Gasteiger partial charge in [0.25, 0.3) is 11.5 Å². The minimum Gasteiger partial charge on any atom is -0.355 e. The first kappa shape index (κ1) is 21.5. The van der Waals surface area contributed by atoms with Crippen LogP contribution in [0.25, 0.3) is 5.65 Å². The minimum absolute atomic E-state index is 0.0114. The van der Waals surface area contributed by atoms with Gasteiger partial charge in [0, 0.05) is 31.1 Å². The predicted octanol–water partition coefficient (Wildman–Crippen LogP) is 3.21. The molecule has 1 fully saturated rings. The number of halogens is 3. The third kappa shape index (κ3) is 4.18. The number of hydrogen-bond acceptors (Lipinski definition) is 7. The number of nitro benzene ring substituents is 1. The van der Waals surface area contributed by atoms with Gasteiger partial charge in [-0.2, -0.15) is 17.7 Å². The first-order valence-electron chi connectivity index (χ1n) is 9.74. The maximum atomic E-state index is 13.1. The molecule has 2 aromatic heterocycles. The molecule has 0 radical (unpaired) electrons. The molecule has 1 N–H and O–H groups in total. The predicted molar refractivity (Wildman–Crippen MR) is 107 cm³/mol. The molecule has 0 spiro atoms. The van der Waals surface area contributed by atoms with Crippen molar-refractivity contribution in [3.63, 3.8) is 0 Å². The molecular formula is C19H18F3N7O3.